The maximum Gasteiger partial charge on any atom is 0.223 e. The van der Waals surface area contributed by atoms with Crippen LogP contribution in [0.5, 0.6) is 5.75 Å². The Hall–Kier alpha value is -1.23. The summed E-state index contributed by atoms with van der Waals surface area (Å²) in [5, 5.41) is 13.4. The predicted octanol–water partition coefficient (Wildman–Crippen LogP) is 3.21. The summed E-state index contributed by atoms with van der Waals surface area (Å²) in [4.78, 5) is 11.9. The number of benzene rings is 1. The minimum absolute atomic E-state index is 0.000456. The van der Waals surface area contributed by atoms with Crippen LogP contribution in [-0.4, -0.2) is 30.3 Å². The highest BCUT2D eigenvalue weighted by atomic mass is 35.5. The lowest BCUT2D eigenvalue weighted by atomic mass is 9.94. The molecule has 0 fully saturated rings. The van der Waals surface area contributed by atoms with E-state index in [0.717, 1.165) is 19.3 Å². The second kappa shape index (κ2) is 8.42. The van der Waals surface area contributed by atoms with Crippen molar-refractivity contribution >= 4 is 29.1 Å². The van der Waals surface area contributed by atoms with Crippen molar-refractivity contribution in [3.63, 3.8) is 0 Å². The van der Waals surface area contributed by atoms with Gasteiger partial charge < -0.3 is 15.2 Å². The summed E-state index contributed by atoms with van der Waals surface area (Å²) in [6.07, 6.45) is 5.84. The van der Waals surface area contributed by atoms with Crippen molar-refractivity contribution in [2.24, 2.45) is 5.92 Å². The number of hydrogen-bond acceptors (Lipinski definition) is 3. The smallest absolute Gasteiger partial charge is 0.223 e. The Balaban J connectivity index is 1.73. The summed E-state index contributed by atoms with van der Waals surface area (Å²) < 4.78 is 5.43. The molecule has 22 heavy (non-hydrogen) atoms. The first-order valence-electron chi connectivity index (χ1n) is 7.25. The molecule has 1 aromatic rings. The van der Waals surface area contributed by atoms with Gasteiger partial charge in [-0.2, -0.15) is 0 Å². The Morgan fingerprint density at radius 1 is 1.41 bits per heavy atom. The number of carbonyl (C=O) groups excluding carboxylic acids is 1. The third-order valence-corrected chi connectivity index (χ3v) is 4.30. The summed E-state index contributed by atoms with van der Waals surface area (Å²) >= 11 is 11.9. The van der Waals surface area contributed by atoms with Crippen LogP contribution in [0.3, 0.4) is 0 Å². The molecule has 4 nitrogen and oxygen atoms in total. The Bertz CT molecular complexity index is 548. The number of allylic oxidation sites excluding steroid dienone is 2. The van der Waals surface area contributed by atoms with E-state index in [0.29, 0.717) is 15.8 Å². The number of hydrogen-bond donors (Lipinski definition) is 2. The van der Waals surface area contributed by atoms with E-state index in [-0.39, 0.29) is 25.0 Å². The first-order chi connectivity index (χ1) is 10.6. The molecule has 0 radical (unpaired) electrons. The minimum Gasteiger partial charge on any atom is -0.489 e. The second-order valence-electron chi connectivity index (χ2n) is 5.24. The molecule has 0 saturated carbocycles. The molecule has 2 atom stereocenters. The zero-order chi connectivity index (χ0) is 15.9. The van der Waals surface area contributed by atoms with Crippen LogP contribution in [0, 0.1) is 5.92 Å². The summed E-state index contributed by atoms with van der Waals surface area (Å²) in [6.45, 7) is 0.183. The van der Waals surface area contributed by atoms with Crippen molar-refractivity contribution in [2.75, 3.05) is 13.2 Å². The minimum atomic E-state index is -0.807. The van der Waals surface area contributed by atoms with Crippen molar-refractivity contribution in [3.8, 4) is 5.75 Å². The highest BCUT2D eigenvalue weighted by Crippen LogP contribution is 2.31. The molecule has 1 aliphatic carbocycles. The molecule has 1 aromatic carbocycles. The molecule has 0 aromatic heterocycles. The third-order valence-electron chi connectivity index (χ3n) is 3.50. The number of aliphatic hydroxyl groups is 1. The van der Waals surface area contributed by atoms with E-state index in [1.165, 1.54) is 0 Å². The van der Waals surface area contributed by atoms with Crippen LogP contribution < -0.4 is 10.1 Å². The molecule has 2 N–H and O–H groups in total. The zero-order valence-corrected chi connectivity index (χ0v) is 13.6. The Morgan fingerprint density at radius 3 is 2.95 bits per heavy atom. The molecule has 6 heteroatoms. The highest BCUT2D eigenvalue weighted by Gasteiger charge is 2.19. The predicted molar refractivity (Wildman–Crippen MR) is 87.5 cm³/mol. The van der Waals surface area contributed by atoms with Gasteiger partial charge in [0, 0.05) is 12.5 Å². The van der Waals surface area contributed by atoms with E-state index in [4.69, 9.17) is 27.9 Å². The fraction of sp³-hybridized carbons (Fsp3) is 0.438. The maximum absolute atomic E-state index is 11.9. The molecule has 1 aliphatic rings. The van der Waals surface area contributed by atoms with Crippen LogP contribution in [-0.2, 0) is 4.79 Å². The normalized spacial score (nSPS) is 18.8. The van der Waals surface area contributed by atoms with Crippen molar-refractivity contribution in [1.82, 2.24) is 5.32 Å². The molecule has 0 saturated heterocycles. The summed E-state index contributed by atoms with van der Waals surface area (Å²) in [5.74, 6) is 0.390. The van der Waals surface area contributed by atoms with Crippen LogP contribution in [0.15, 0.2) is 30.4 Å². The number of rotatable bonds is 6. The fourth-order valence-corrected chi connectivity index (χ4v) is 2.58. The number of nitrogens with one attached hydrogen (secondary N) is 1. The molecule has 0 bridgehead atoms. The van der Waals surface area contributed by atoms with Crippen LogP contribution in [0.25, 0.3) is 0 Å². The average molecular weight is 344 g/mol. The number of aliphatic hydroxyl groups excluding tert-OH is 1. The van der Waals surface area contributed by atoms with E-state index >= 15 is 0 Å². The van der Waals surface area contributed by atoms with E-state index in [9.17, 15) is 9.90 Å². The quantitative estimate of drug-likeness (QED) is 0.779. The molecule has 120 valence electrons. The van der Waals surface area contributed by atoms with Gasteiger partial charge in [-0.3, -0.25) is 4.79 Å². The average Bonchev–Trinajstić information content (AvgIpc) is 2.54. The van der Waals surface area contributed by atoms with E-state index in [1.54, 1.807) is 18.2 Å². The van der Waals surface area contributed by atoms with Gasteiger partial charge in [-0.1, -0.05) is 41.4 Å². The molecule has 0 aliphatic heterocycles. The Morgan fingerprint density at radius 2 is 2.23 bits per heavy atom. The first kappa shape index (κ1) is 17.1. The van der Waals surface area contributed by atoms with Crippen LogP contribution in [0.4, 0.5) is 0 Å². The standard InChI is InChI=1S/C16H19Cl2NO3/c17-13-7-4-8-14(15(13)18)22-10-12(20)9-19-16(21)11-5-2-1-3-6-11/h1-2,4,7-8,11-12,20H,3,5-6,9-10H2,(H,19,21). The third kappa shape index (κ3) is 4.90. The molecule has 1 amide bonds. The van der Waals surface area contributed by atoms with Gasteiger partial charge >= 0.3 is 0 Å². The van der Waals surface area contributed by atoms with Crippen LogP contribution in [0.1, 0.15) is 19.3 Å². The van der Waals surface area contributed by atoms with Gasteiger partial charge in [0.15, 0.2) is 0 Å². The molecule has 2 rings (SSSR count). The molecule has 0 spiro atoms. The zero-order valence-electron chi connectivity index (χ0n) is 12.1. The van der Waals surface area contributed by atoms with Gasteiger partial charge in [0.05, 0.1) is 5.02 Å². The van der Waals surface area contributed by atoms with E-state index in [1.807, 2.05) is 6.08 Å². The summed E-state index contributed by atoms with van der Waals surface area (Å²) in [6, 6.07) is 5.05. The molecular formula is C16H19Cl2NO3. The lowest BCUT2D eigenvalue weighted by Crippen LogP contribution is -2.38. The Kier molecular flexibility index (Phi) is 6.55. The van der Waals surface area contributed by atoms with Gasteiger partial charge in [0.25, 0.3) is 0 Å². The SMILES string of the molecule is O=C(NCC(O)COc1cccc(Cl)c1Cl)C1CC=CCC1. The van der Waals surface area contributed by atoms with Crippen molar-refractivity contribution in [1.29, 1.82) is 0 Å². The topological polar surface area (TPSA) is 58.6 Å². The Labute approximate surface area is 140 Å². The largest absolute Gasteiger partial charge is 0.489 e. The summed E-state index contributed by atoms with van der Waals surface area (Å²) in [7, 11) is 0. The molecule has 2 unspecified atom stereocenters. The number of amides is 1. The van der Waals surface area contributed by atoms with Crippen LogP contribution >= 0.6 is 23.2 Å². The lowest BCUT2D eigenvalue weighted by Gasteiger charge is -2.19. The van der Waals surface area contributed by atoms with Gasteiger partial charge in [0.2, 0.25) is 5.91 Å². The van der Waals surface area contributed by atoms with Crippen molar-refractivity contribution < 1.29 is 14.6 Å². The van der Waals surface area contributed by atoms with Gasteiger partial charge in [0.1, 0.15) is 23.5 Å². The number of ether oxygens (including phenoxy) is 1. The van der Waals surface area contributed by atoms with Gasteiger partial charge in [-0.15, -0.1) is 0 Å². The van der Waals surface area contributed by atoms with E-state index in [2.05, 4.69) is 11.4 Å². The first-order valence-corrected chi connectivity index (χ1v) is 8.01. The monoisotopic (exact) mass is 343 g/mol. The number of carbonyl (C=O) groups is 1. The van der Waals surface area contributed by atoms with Gasteiger partial charge in [-0.25, -0.2) is 0 Å². The summed E-state index contributed by atoms with van der Waals surface area (Å²) in [5.41, 5.74) is 0. The maximum atomic E-state index is 11.9. The van der Waals surface area contributed by atoms with E-state index < -0.39 is 6.10 Å². The molecular weight excluding hydrogens is 325 g/mol. The molecule has 0 heterocycles. The lowest BCUT2D eigenvalue weighted by molar-refractivity contribution is -0.125. The van der Waals surface area contributed by atoms with Crippen molar-refractivity contribution in [2.45, 2.75) is 25.4 Å². The van der Waals surface area contributed by atoms with Crippen LogP contribution in [0.2, 0.25) is 10.0 Å². The number of halogens is 2. The van der Waals surface area contributed by atoms with Gasteiger partial charge in [-0.05, 0) is 31.4 Å². The van der Waals surface area contributed by atoms with Crippen molar-refractivity contribution in [3.05, 3.63) is 40.4 Å². The highest BCUT2D eigenvalue weighted by molar-refractivity contribution is 6.42. The second-order valence-corrected chi connectivity index (χ2v) is 6.03. The fourth-order valence-electron chi connectivity index (χ4n) is 2.23.